The highest BCUT2D eigenvalue weighted by atomic mass is 32.2. The smallest absolute Gasteiger partial charge is 0.341 e. The van der Waals surface area contributed by atoms with E-state index in [2.05, 4.69) is 33.0 Å². The second kappa shape index (κ2) is 17.9. The molecular weight excluding hydrogens is 709 g/mol. The van der Waals surface area contributed by atoms with Crippen LogP contribution in [-0.4, -0.2) is 47.0 Å². The molecular formula is C41H40N4O6S2. The van der Waals surface area contributed by atoms with Gasteiger partial charge in [0.1, 0.15) is 16.5 Å². The van der Waals surface area contributed by atoms with Crippen LogP contribution in [0.3, 0.4) is 0 Å². The number of esters is 1. The van der Waals surface area contributed by atoms with Gasteiger partial charge in [0.25, 0.3) is 11.8 Å². The van der Waals surface area contributed by atoms with Gasteiger partial charge in [-0.2, -0.15) is 0 Å². The van der Waals surface area contributed by atoms with E-state index in [0.29, 0.717) is 47.0 Å². The number of carbonyl (C=O) groups excluding carboxylic acids is 4. The van der Waals surface area contributed by atoms with E-state index in [1.807, 2.05) is 31.2 Å². The number of thiophene rings is 1. The van der Waals surface area contributed by atoms with Crippen molar-refractivity contribution in [1.29, 1.82) is 0 Å². The molecule has 1 unspecified atom stereocenters. The van der Waals surface area contributed by atoms with Crippen LogP contribution in [0.5, 0.6) is 0 Å². The summed E-state index contributed by atoms with van der Waals surface area (Å²) in [5.74, 6) is -1.26. The fourth-order valence-electron chi connectivity index (χ4n) is 5.92. The summed E-state index contributed by atoms with van der Waals surface area (Å²) in [6, 6.07) is 29.4. The van der Waals surface area contributed by atoms with Gasteiger partial charge in [-0.15, -0.1) is 23.1 Å². The molecule has 0 saturated carbocycles. The topological polar surface area (TPSA) is 130 Å². The lowest BCUT2D eigenvalue weighted by molar-refractivity contribution is -0.116. The first-order valence-corrected chi connectivity index (χ1v) is 19.1. The summed E-state index contributed by atoms with van der Waals surface area (Å²) >= 11 is 2.79. The van der Waals surface area contributed by atoms with Crippen molar-refractivity contribution in [3.8, 4) is 0 Å². The molecule has 53 heavy (non-hydrogen) atoms. The van der Waals surface area contributed by atoms with Crippen LogP contribution in [0.15, 0.2) is 118 Å². The molecule has 12 heteroatoms. The van der Waals surface area contributed by atoms with Gasteiger partial charge in [0.2, 0.25) is 5.91 Å². The van der Waals surface area contributed by atoms with Crippen molar-refractivity contribution in [3.63, 3.8) is 0 Å². The Labute approximate surface area is 316 Å². The van der Waals surface area contributed by atoms with Crippen LogP contribution < -0.4 is 16.0 Å². The molecule has 0 saturated heterocycles. The first-order valence-electron chi connectivity index (χ1n) is 17.4. The quantitative estimate of drug-likeness (QED) is 0.0592. The van der Waals surface area contributed by atoms with Crippen molar-refractivity contribution >= 4 is 63.6 Å². The van der Waals surface area contributed by atoms with E-state index in [0.717, 1.165) is 28.4 Å². The number of amides is 3. The van der Waals surface area contributed by atoms with Gasteiger partial charge in [-0.1, -0.05) is 61.5 Å². The number of benzene rings is 3. The van der Waals surface area contributed by atoms with E-state index in [1.54, 1.807) is 67.6 Å². The summed E-state index contributed by atoms with van der Waals surface area (Å²) in [6.45, 7) is 6.20. The van der Waals surface area contributed by atoms with Gasteiger partial charge in [0, 0.05) is 46.7 Å². The van der Waals surface area contributed by atoms with Crippen molar-refractivity contribution in [2.75, 3.05) is 23.8 Å². The molecule has 3 N–H and O–H groups in total. The molecule has 2 aromatic heterocycles. The van der Waals surface area contributed by atoms with Crippen LogP contribution in [0, 0.1) is 0 Å². The maximum Gasteiger partial charge on any atom is 0.341 e. The Morgan fingerprint density at radius 1 is 0.943 bits per heavy atom. The minimum atomic E-state index is -0.548. The fourth-order valence-corrected chi connectivity index (χ4v) is 8.22. The van der Waals surface area contributed by atoms with Crippen LogP contribution in [-0.2, 0) is 33.8 Å². The number of furan rings is 1. The zero-order valence-corrected chi connectivity index (χ0v) is 31.1. The van der Waals surface area contributed by atoms with Crippen LogP contribution in [0.2, 0.25) is 0 Å². The number of nitrogens with zero attached hydrogens (tertiary/aromatic N) is 1. The summed E-state index contributed by atoms with van der Waals surface area (Å²) in [7, 11) is 0. The van der Waals surface area contributed by atoms with Crippen LogP contribution in [0.4, 0.5) is 10.7 Å². The Morgan fingerprint density at radius 2 is 1.72 bits per heavy atom. The molecule has 3 amide bonds. The van der Waals surface area contributed by atoms with E-state index < -0.39 is 23.0 Å². The maximum atomic E-state index is 13.8. The number of carbonyl (C=O) groups is 4. The number of anilines is 2. The fraction of sp³-hybridized carbons (Fsp3) is 0.220. The predicted molar refractivity (Wildman–Crippen MR) is 209 cm³/mol. The van der Waals surface area contributed by atoms with Crippen molar-refractivity contribution < 1.29 is 28.3 Å². The lowest BCUT2D eigenvalue weighted by atomic mass is 10.0. The lowest BCUT2D eigenvalue weighted by Crippen LogP contribution is -2.30. The average Bonchev–Trinajstić information content (AvgIpc) is 3.82. The number of hydrogen-bond acceptors (Lipinski definition) is 9. The third-order valence-electron chi connectivity index (χ3n) is 8.49. The molecule has 0 radical (unpaired) electrons. The molecule has 10 nitrogen and oxygen atoms in total. The number of nitrogens with one attached hydrogen (secondary N) is 3. The second-order valence-electron chi connectivity index (χ2n) is 12.3. The SMILES string of the molecule is CCOC(=O)c1c(NC(=O)C(CC)Sc2cccc(NC(=O)/C(=C/c3ccco3)NC(=O)c3ccccc3)c2)sc2c1CCN(Cc1ccccc1)C2. The van der Waals surface area contributed by atoms with E-state index in [4.69, 9.17) is 9.15 Å². The monoisotopic (exact) mass is 748 g/mol. The first-order chi connectivity index (χ1) is 25.8. The molecule has 0 fully saturated rings. The first kappa shape index (κ1) is 37.3. The third kappa shape index (κ3) is 9.72. The van der Waals surface area contributed by atoms with Crippen molar-refractivity contribution in [3.05, 3.63) is 142 Å². The molecule has 0 aliphatic carbocycles. The van der Waals surface area contributed by atoms with Gasteiger partial charge in [0.05, 0.1) is 23.7 Å². The van der Waals surface area contributed by atoms with Crippen LogP contribution in [0.25, 0.3) is 6.08 Å². The van der Waals surface area contributed by atoms with Gasteiger partial charge in [-0.3, -0.25) is 19.3 Å². The Morgan fingerprint density at radius 3 is 2.43 bits per heavy atom. The minimum Gasteiger partial charge on any atom is -0.465 e. The Bertz CT molecular complexity index is 2080. The highest BCUT2D eigenvalue weighted by Gasteiger charge is 2.31. The summed E-state index contributed by atoms with van der Waals surface area (Å²) in [4.78, 5) is 57.6. The van der Waals surface area contributed by atoms with Crippen LogP contribution >= 0.6 is 23.1 Å². The summed E-state index contributed by atoms with van der Waals surface area (Å²) in [5.41, 5.74) is 3.48. The third-order valence-corrected chi connectivity index (χ3v) is 11.0. The van der Waals surface area contributed by atoms with E-state index in [9.17, 15) is 19.2 Å². The summed E-state index contributed by atoms with van der Waals surface area (Å²) < 4.78 is 10.8. The molecule has 3 heterocycles. The molecule has 3 aromatic carbocycles. The zero-order chi connectivity index (χ0) is 37.2. The van der Waals surface area contributed by atoms with Crippen LogP contribution in [0.1, 0.15) is 62.7 Å². The molecule has 1 atom stereocenters. The maximum absolute atomic E-state index is 13.8. The lowest BCUT2D eigenvalue weighted by Gasteiger charge is -2.27. The summed E-state index contributed by atoms with van der Waals surface area (Å²) in [6.07, 6.45) is 4.13. The molecule has 5 aromatic rings. The Kier molecular flexibility index (Phi) is 12.6. The van der Waals surface area contributed by atoms with Gasteiger partial charge in [-0.05, 0) is 73.4 Å². The molecule has 272 valence electrons. The Balaban J connectivity index is 1.15. The van der Waals surface area contributed by atoms with Crippen molar-refractivity contribution in [2.45, 2.75) is 49.9 Å². The zero-order valence-electron chi connectivity index (χ0n) is 29.4. The largest absolute Gasteiger partial charge is 0.465 e. The molecule has 0 bridgehead atoms. The summed E-state index contributed by atoms with van der Waals surface area (Å²) in [5, 5.41) is 8.64. The second-order valence-corrected chi connectivity index (χ2v) is 14.6. The predicted octanol–water partition coefficient (Wildman–Crippen LogP) is 8.00. The molecule has 0 spiro atoms. The molecule has 1 aliphatic heterocycles. The highest BCUT2D eigenvalue weighted by molar-refractivity contribution is 8.00. The highest BCUT2D eigenvalue weighted by Crippen LogP contribution is 2.39. The van der Waals surface area contributed by atoms with E-state index >= 15 is 0 Å². The number of ether oxygens (including phenoxy) is 1. The van der Waals surface area contributed by atoms with Gasteiger partial charge < -0.3 is 25.1 Å². The van der Waals surface area contributed by atoms with Gasteiger partial charge >= 0.3 is 5.97 Å². The number of thioether (sulfide) groups is 1. The number of hydrogen-bond donors (Lipinski definition) is 3. The molecule has 6 rings (SSSR count). The van der Waals surface area contributed by atoms with Gasteiger partial charge in [-0.25, -0.2) is 4.79 Å². The van der Waals surface area contributed by atoms with Crippen molar-refractivity contribution in [2.24, 2.45) is 0 Å². The van der Waals surface area contributed by atoms with E-state index in [-0.39, 0.29) is 18.2 Å². The molecule has 1 aliphatic rings. The normalized spacial score (nSPS) is 13.4. The Hall–Kier alpha value is -5.43. The average molecular weight is 749 g/mol. The van der Waals surface area contributed by atoms with Crippen molar-refractivity contribution in [1.82, 2.24) is 10.2 Å². The minimum absolute atomic E-state index is 0.00286. The van der Waals surface area contributed by atoms with Gasteiger partial charge in [0.15, 0.2) is 0 Å². The number of fused-ring (bicyclic) bond motifs is 1. The standard InChI is InChI=1S/C41H40N4O6S2/c1-3-34(39(48)44-40-36(41(49)50-4-2)32-20-21-45(26-35(32)53-40)25-27-13-7-5-8-14-27)52-31-19-11-17-29(23-31)42-38(47)33(24-30-18-12-22-51-30)43-37(46)28-15-9-6-10-16-28/h5-19,22-24,34H,3-4,20-21,25-26H2,1-2H3,(H,42,47)(H,43,46)(H,44,48)/b33-24-. The van der Waals surface area contributed by atoms with E-state index in [1.165, 1.54) is 41.0 Å². The number of rotatable bonds is 14.